The average molecular weight is 297 g/mol. The molecular weight excluding hydrogens is 266 g/mol. The first-order valence-electron chi connectivity index (χ1n) is 8.49. The van der Waals surface area contributed by atoms with E-state index in [0.717, 1.165) is 64.5 Å². The molecule has 21 heavy (non-hydrogen) atoms. The number of urea groups is 1. The van der Waals surface area contributed by atoms with Crippen LogP contribution >= 0.6 is 0 Å². The van der Waals surface area contributed by atoms with Crippen molar-refractivity contribution in [2.45, 2.75) is 69.4 Å². The molecule has 0 aromatic carbocycles. The van der Waals surface area contributed by atoms with Crippen molar-refractivity contribution in [2.75, 3.05) is 20.1 Å². The number of amides is 2. The molecule has 5 nitrogen and oxygen atoms in total. The number of rotatable bonds is 5. The van der Waals surface area contributed by atoms with E-state index in [1.165, 1.54) is 6.42 Å². The highest BCUT2D eigenvalue weighted by atomic mass is 16.3. The maximum absolute atomic E-state index is 11.7. The molecule has 1 heterocycles. The predicted octanol–water partition coefficient (Wildman–Crippen LogP) is 1.84. The molecule has 2 rings (SSSR count). The molecule has 1 aliphatic heterocycles. The number of nitrogens with one attached hydrogen (secondary N) is 1. The second-order valence-corrected chi connectivity index (χ2v) is 6.90. The molecule has 2 atom stereocenters. The van der Waals surface area contributed by atoms with Gasteiger partial charge in [0.15, 0.2) is 0 Å². The van der Waals surface area contributed by atoms with E-state index in [-0.39, 0.29) is 18.0 Å². The summed E-state index contributed by atoms with van der Waals surface area (Å²) < 4.78 is 0. The Balaban J connectivity index is 2.07. The minimum absolute atomic E-state index is 0.176. The standard InChI is InChI=1S/C16H31N3O2/c1-18-12-13(11-16(21)8-4-2-5-9-16)14-7-3-6-10-19(14)15(17)20/h13-14,18,21H,2-12H2,1H3,(H2,17,20)/t13-,14?/m0/s1. The molecule has 122 valence electrons. The monoisotopic (exact) mass is 297 g/mol. The third-order valence-corrected chi connectivity index (χ3v) is 5.27. The number of nitrogens with two attached hydrogens (primary N) is 1. The number of carbonyl (C=O) groups is 1. The van der Waals surface area contributed by atoms with Crippen LogP contribution in [-0.2, 0) is 0 Å². The van der Waals surface area contributed by atoms with Crippen LogP contribution in [0.25, 0.3) is 0 Å². The molecule has 4 N–H and O–H groups in total. The van der Waals surface area contributed by atoms with Crippen molar-refractivity contribution in [2.24, 2.45) is 11.7 Å². The molecule has 1 aliphatic carbocycles. The van der Waals surface area contributed by atoms with Crippen LogP contribution in [0.4, 0.5) is 4.79 Å². The van der Waals surface area contributed by atoms with Crippen LogP contribution in [0.1, 0.15) is 57.8 Å². The largest absolute Gasteiger partial charge is 0.390 e. The van der Waals surface area contributed by atoms with Gasteiger partial charge in [-0.15, -0.1) is 0 Å². The van der Waals surface area contributed by atoms with Crippen LogP contribution in [0.15, 0.2) is 0 Å². The van der Waals surface area contributed by atoms with Crippen LogP contribution in [0.5, 0.6) is 0 Å². The molecule has 1 saturated carbocycles. The van der Waals surface area contributed by atoms with Gasteiger partial charge in [-0.1, -0.05) is 19.3 Å². The van der Waals surface area contributed by atoms with Crippen LogP contribution in [0.3, 0.4) is 0 Å². The Bertz CT molecular complexity index is 342. The van der Waals surface area contributed by atoms with Gasteiger partial charge in [-0.2, -0.15) is 0 Å². The van der Waals surface area contributed by atoms with Crippen molar-refractivity contribution in [3.8, 4) is 0 Å². The van der Waals surface area contributed by atoms with Crippen molar-refractivity contribution in [1.29, 1.82) is 0 Å². The molecule has 0 aromatic rings. The lowest BCUT2D eigenvalue weighted by molar-refractivity contribution is -0.0300. The zero-order valence-corrected chi connectivity index (χ0v) is 13.3. The fraction of sp³-hybridized carbons (Fsp3) is 0.938. The van der Waals surface area contributed by atoms with Crippen molar-refractivity contribution in [3.63, 3.8) is 0 Å². The van der Waals surface area contributed by atoms with Gasteiger partial charge in [0.2, 0.25) is 0 Å². The third-order valence-electron chi connectivity index (χ3n) is 5.27. The SMILES string of the molecule is CNC[C@H](CC1(O)CCCCC1)C1CCCCN1C(N)=O. The zero-order valence-electron chi connectivity index (χ0n) is 13.3. The lowest BCUT2D eigenvalue weighted by Crippen LogP contribution is -2.53. The van der Waals surface area contributed by atoms with E-state index in [9.17, 15) is 9.90 Å². The van der Waals surface area contributed by atoms with E-state index in [1.807, 2.05) is 11.9 Å². The fourth-order valence-corrected chi connectivity index (χ4v) is 4.23. The summed E-state index contributed by atoms with van der Waals surface area (Å²) in [5, 5.41) is 14.1. The van der Waals surface area contributed by atoms with Crippen molar-refractivity contribution < 1.29 is 9.90 Å². The Kier molecular flexibility index (Phi) is 5.88. The van der Waals surface area contributed by atoms with E-state index >= 15 is 0 Å². The van der Waals surface area contributed by atoms with Crippen LogP contribution in [0, 0.1) is 5.92 Å². The summed E-state index contributed by atoms with van der Waals surface area (Å²) in [5.74, 6) is 0.283. The van der Waals surface area contributed by atoms with Gasteiger partial charge in [-0.25, -0.2) is 4.79 Å². The topological polar surface area (TPSA) is 78.6 Å². The molecule has 2 amide bonds. The average Bonchev–Trinajstić information content (AvgIpc) is 2.47. The quantitative estimate of drug-likeness (QED) is 0.724. The Morgan fingerprint density at radius 2 is 2.05 bits per heavy atom. The van der Waals surface area contributed by atoms with Crippen LogP contribution in [-0.4, -0.2) is 47.8 Å². The summed E-state index contributed by atoms with van der Waals surface area (Å²) in [6.07, 6.45) is 9.24. The third kappa shape index (κ3) is 4.33. The van der Waals surface area contributed by atoms with Gasteiger partial charge in [-0.05, 0) is 58.0 Å². The van der Waals surface area contributed by atoms with Crippen LogP contribution < -0.4 is 11.1 Å². The summed E-state index contributed by atoms with van der Waals surface area (Å²) >= 11 is 0. The van der Waals surface area contributed by atoms with Gasteiger partial charge in [0.25, 0.3) is 0 Å². The molecule has 0 radical (unpaired) electrons. The summed E-state index contributed by atoms with van der Waals surface area (Å²) in [7, 11) is 1.94. The smallest absolute Gasteiger partial charge is 0.315 e. The maximum Gasteiger partial charge on any atom is 0.315 e. The highest BCUT2D eigenvalue weighted by Crippen LogP contribution is 2.36. The Labute approximate surface area is 128 Å². The Morgan fingerprint density at radius 1 is 1.33 bits per heavy atom. The van der Waals surface area contributed by atoms with Crippen molar-refractivity contribution >= 4 is 6.03 Å². The van der Waals surface area contributed by atoms with Crippen molar-refractivity contribution in [1.82, 2.24) is 10.2 Å². The van der Waals surface area contributed by atoms with Gasteiger partial charge < -0.3 is 21.1 Å². The highest BCUT2D eigenvalue weighted by Gasteiger charge is 2.38. The minimum atomic E-state index is -0.541. The number of hydrogen-bond acceptors (Lipinski definition) is 3. The first-order valence-corrected chi connectivity index (χ1v) is 8.49. The van der Waals surface area contributed by atoms with E-state index in [2.05, 4.69) is 5.32 Å². The molecular formula is C16H31N3O2. The number of nitrogens with zero attached hydrogens (tertiary/aromatic N) is 1. The van der Waals surface area contributed by atoms with Crippen LogP contribution in [0.2, 0.25) is 0 Å². The first kappa shape index (κ1) is 16.6. The molecule has 1 saturated heterocycles. The van der Waals surface area contributed by atoms with Gasteiger partial charge in [0.1, 0.15) is 0 Å². The summed E-state index contributed by atoms with van der Waals surface area (Å²) in [4.78, 5) is 13.5. The molecule has 5 heteroatoms. The number of primary amides is 1. The lowest BCUT2D eigenvalue weighted by atomic mass is 9.75. The number of hydrogen-bond donors (Lipinski definition) is 3. The summed E-state index contributed by atoms with van der Waals surface area (Å²) in [5.41, 5.74) is 5.02. The molecule has 0 spiro atoms. The van der Waals surface area contributed by atoms with Gasteiger partial charge in [-0.3, -0.25) is 0 Å². The second kappa shape index (κ2) is 7.45. The van der Waals surface area contributed by atoms with Crippen molar-refractivity contribution in [3.05, 3.63) is 0 Å². The van der Waals surface area contributed by atoms with Gasteiger partial charge in [0, 0.05) is 12.6 Å². The molecule has 0 aromatic heterocycles. The minimum Gasteiger partial charge on any atom is -0.390 e. The van der Waals surface area contributed by atoms with E-state index in [1.54, 1.807) is 0 Å². The Morgan fingerprint density at radius 3 is 2.67 bits per heavy atom. The van der Waals surface area contributed by atoms with Gasteiger partial charge >= 0.3 is 6.03 Å². The molecule has 1 unspecified atom stereocenters. The lowest BCUT2D eigenvalue weighted by Gasteiger charge is -2.43. The highest BCUT2D eigenvalue weighted by molar-refractivity contribution is 5.72. The van der Waals surface area contributed by atoms with E-state index in [4.69, 9.17) is 5.73 Å². The number of piperidine rings is 1. The summed E-state index contributed by atoms with van der Waals surface area (Å²) in [6.45, 7) is 1.59. The normalized spacial score (nSPS) is 27.3. The Hall–Kier alpha value is -0.810. The molecule has 2 fully saturated rings. The van der Waals surface area contributed by atoms with E-state index < -0.39 is 5.60 Å². The summed E-state index contributed by atoms with van der Waals surface area (Å²) in [6, 6.07) is -0.133. The maximum atomic E-state index is 11.7. The zero-order chi connectivity index (χ0) is 15.3. The van der Waals surface area contributed by atoms with Gasteiger partial charge in [0.05, 0.1) is 5.60 Å². The number of carbonyl (C=O) groups excluding carboxylic acids is 1. The number of aliphatic hydroxyl groups is 1. The molecule has 2 aliphatic rings. The molecule has 0 bridgehead atoms. The fourth-order valence-electron chi connectivity index (χ4n) is 4.23. The van der Waals surface area contributed by atoms with E-state index in [0.29, 0.717) is 0 Å². The predicted molar refractivity (Wildman–Crippen MR) is 84.0 cm³/mol. The second-order valence-electron chi connectivity index (χ2n) is 6.90. The number of likely N-dealkylation sites (tertiary alicyclic amines) is 1. The first-order chi connectivity index (χ1) is 10.1.